The molecule has 1 aromatic rings. The molecule has 0 bridgehead atoms. The number of nitro groups is 1. The molecule has 9 heteroatoms. The van der Waals surface area contributed by atoms with Crippen LogP contribution in [0.1, 0.15) is 0 Å². The standard InChI is InChI=1S/C11H18N6O3/c1-12-10-9(17(18)19)11(15-7-14-10)13-5-8-6-16(2)3-4-20-8/h7-8H,3-6H2,1-2H3,(H2,12,13,14,15). The third kappa shape index (κ3) is 3.31. The van der Waals surface area contributed by atoms with Gasteiger partial charge in [-0.3, -0.25) is 10.1 Å². The Hall–Kier alpha value is -2.00. The molecule has 1 aromatic heterocycles. The van der Waals surface area contributed by atoms with Crippen LogP contribution in [0, 0.1) is 10.1 Å². The van der Waals surface area contributed by atoms with Gasteiger partial charge in [-0.2, -0.15) is 0 Å². The fourth-order valence-corrected chi connectivity index (χ4v) is 2.06. The average molecular weight is 282 g/mol. The molecule has 2 N–H and O–H groups in total. The summed E-state index contributed by atoms with van der Waals surface area (Å²) in [5.74, 6) is 0.389. The van der Waals surface area contributed by atoms with E-state index in [0.29, 0.717) is 13.2 Å². The van der Waals surface area contributed by atoms with Crippen LogP contribution in [-0.2, 0) is 4.74 Å². The SMILES string of the molecule is CNc1ncnc(NCC2CN(C)CCO2)c1[N+](=O)[O-]. The summed E-state index contributed by atoms with van der Waals surface area (Å²) in [5, 5.41) is 16.8. The molecule has 9 nitrogen and oxygen atoms in total. The molecule has 0 saturated carbocycles. The Bertz CT molecular complexity index is 483. The van der Waals surface area contributed by atoms with Gasteiger partial charge in [0, 0.05) is 26.7 Å². The third-order valence-corrected chi connectivity index (χ3v) is 3.08. The maximum atomic E-state index is 11.1. The smallest absolute Gasteiger partial charge is 0.353 e. The lowest BCUT2D eigenvalue weighted by Crippen LogP contribution is -2.43. The second-order valence-corrected chi connectivity index (χ2v) is 4.56. The van der Waals surface area contributed by atoms with Crippen LogP contribution in [-0.4, -0.2) is 66.2 Å². The summed E-state index contributed by atoms with van der Waals surface area (Å²) in [7, 11) is 3.60. The van der Waals surface area contributed by atoms with E-state index in [1.54, 1.807) is 7.05 Å². The van der Waals surface area contributed by atoms with Gasteiger partial charge in [0.15, 0.2) is 0 Å². The van der Waals surface area contributed by atoms with Crippen LogP contribution in [0.25, 0.3) is 0 Å². The molecule has 2 heterocycles. The Kier molecular flexibility index (Phi) is 4.64. The first-order valence-electron chi connectivity index (χ1n) is 6.33. The van der Waals surface area contributed by atoms with Crippen molar-refractivity contribution in [3.8, 4) is 0 Å². The van der Waals surface area contributed by atoms with Crippen molar-refractivity contribution in [1.29, 1.82) is 0 Å². The number of aromatic nitrogens is 2. The largest absolute Gasteiger partial charge is 0.374 e. The maximum absolute atomic E-state index is 11.1. The van der Waals surface area contributed by atoms with Crippen LogP contribution in [0.4, 0.5) is 17.3 Å². The van der Waals surface area contributed by atoms with Gasteiger partial charge in [0.05, 0.1) is 17.6 Å². The fraction of sp³-hybridized carbons (Fsp3) is 0.636. The van der Waals surface area contributed by atoms with E-state index in [9.17, 15) is 10.1 Å². The minimum Gasteiger partial charge on any atom is -0.374 e. The van der Waals surface area contributed by atoms with Crippen molar-refractivity contribution in [2.45, 2.75) is 6.10 Å². The Morgan fingerprint density at radius 1 is 1.55 bits per heavy atom. The quantitative estimate of drug-likeness (QED) is 0.581. The summed E-state index contributed by atoms with van der Waals surface area (Å²) in [5.41, 5.74) is -0.154. The minimum atomic E-state index is -0.498. The van der Waals surface area contributed by atoms with E-state index in [2.05, 4.69) is 25.5 Å². The minimum absolute atomic E-state index is 0.0126. The highest BCUT2D eigenvalue weighted by atomic mass is 16.6. The highest BCUT2D eigenvalue weighted by Crippen LogP contribution is 2.28. The van der Waals surface area contributed by atoms with Crippen LogP contribution in [0.2, 0.25) is 0 Å². The van der Waals surface area contributed by atoms with Crippen molar-refractivity contribution in [2.75, 3.05) is 51.0 Å². The van der Waals surface area contributed by atoms with Crippen LogP contribution in [0.15, 0.2) is 6.33 Å². The van der Waals surface area contributed by atoms with Gasteiger partial charge in [0.1, 0.15) is 6.33 Å². The van der Waals surface area contributed by atoms with Gasteiger partial charge in [0.25, 0.3) is 0 Å². The predicted molar refractivity (Wildman–Crippen MR) is 74.0 cm³/mol. The number of morpholine rings is 1. The van der Waals surface area contributed by atoms with Gasteiger partial charge in [-0.15, -0.1) is 0 Å². The first kappa shape index (κ1) is 14.4. The summed E-state index contributed by atoms with van der Waals surface area (Å²) in [6, 6.07) is 0. The highest BCUT2D eigenvalue weighted by Gasteiger charge is 2.24. The Labute approximate surface area is 116 Å². The number of likely N-dealkylation sites (N-methyl/N-ethyl adjacent to an activating group) is 1. The van der Waals surface area contributed by atoms with Crippen molar-refractivity contribution in [3.63, 3.8) is 0 Å². The number of ether oxygens (including phenoxy) is 1. The molecule has 2 rings (SSSR count). The molecule has 0 amide bonds. The monoisotopic (exact) mass is 282 g/mol. The van der Waals surface area contributed by atoms with E-state index >= 15 is 0 Å². The fourth-order valence-electron chi connectivity index (χ4n) is 2.06. The molecule has 1 unspecified atom stereocenters. The molecule has 1 atom stereocenters. The van der Waals surface area contributed by atoms with Gasteiger partial charge >= 0.3 is 5.69 Å². The zero-order valence-electron chi connectivity index (χ0n) is 11.5. The summed E-state index contributed by atoms with van der Waals surface area (Å²) in [4.78, 5) is 20.6. The van der Waals surface area contributed by atoms with Crippen LogP contribution < -0.4 is 10.6 Å². The first-order valence-corrected chi connectivity index (χ1v) is 6.33. The van der Waals surface area contributed by atoms with Crippen molar-refractivity contribution in [1.82, 2.24) is 14.9 Å². The lowest BCUT2D eigenvalue weighted by molar-refractivity contribution is -0.383. The van der Waals surface area contributed by atoms with Gasteiger partial charge < -0.3 is 20.3 Å². The molecule has 110 valence electrons. The van der Waals surface area contributed by atoms with Gasteiger partial charge in [-0.1, -0.05) is 0 Å². The van der Waals surface area contributed by atoms with Gasteiger partial charge in [-0.05, 0) is 7.05 Å². The van der Waals surface area contributed by atoms with Crippen molar-refractivity contribution in [2.24, 2.45) is 0 Å². The number of nitrogens with one attached hydrogen (secondary N) is 2. The van der Waals surface area contributed by atoms with Crippen molar-refractivity contribution >= 4 is 17.3 Å². The van der Waals surface area contributed by atoms with Crippen LogP contribution in [0.3, 0.4) is 0 Å². The molecule has 1 fully saturated rings. The lowest BCUT2D eigenvalue weighted by Gasteiger charge is -2.30. The number of rotatable bonds is 5. The van der Waals surface area contributed by atoms with Crippen molar-refractivity contribution < 1.29 is 9.66 Å². The first-order chi connectivity index (χ1) is 9.61. The Morgan fingerprint density at radius 2 is 2.30 bits per heavy atom. The maximum Gasteiger partial charge on any atom is 0.353 e. The molecule has 0 aliphatic carbocycles. The topological polar surface area (TPSA) is 105 Å². The van der Waals surface area contributed by atoms with E-state index in [0.717, 1.165) is 13.1 Å². The molecule has 0 spiro atoms. The summed E-state index contributed by atoms with van der Waals surface area (Å²) in [6.45, 7) is 2.81. The van der Waals surface area contributed by atoms with E-state index in [4.69, 9.17) is 4.74 Å². The predicted octanol–water partition coefficient (Wildman–Crippen LogP) is 0.169. The van der Waals surface area contributed by atoms with Crippen molar-refractivity contribution in [3.05, 3.63) is 16.4 Å². The lowest BCUT2D eigenvalue weighted by atomic mass is 10.3. The zero-order valence-corrected chi connectivity index (χ0v) is 11.5. The number of hydrogen-bond acceptors (Lipinski definition) is 8. The van der Waals surface area contributed by atoms with E-state index < -0.39 is 4.92 Å². The molecular formula is C11H18N6O3. The van der Waals surface area contributed by atoms with E-state index in [1.165, 1.54) is 6.33 Å². The molecule has 20 heavy (non-hydrogen) atoms. The number of hydrogen-bond donors (Lipinski definition) is 2. The molecule has 1 saturated heterocycles. The average Bonchev–Trinajstić information content (AvgIpc) is 2.44. The van der Waals surface area contributed by atoms with Gasteiger partial charge in [0.2, 0.25) is 11.6 Å². The van der Waals surface area contributed by atoms with Crippen LogP contribution >= 0.6 is 0 Å². The van der Waals surface area contributed by atoms with E-state index in [1.807, 2.05) is 7.05 Å². The summed E-state index contributed by atoms with van der Waals surface area (Å²) >= 11 is 0. The molecule has 0 radical (unpaired) electrons. The third-order valence-electron chi connectivity index (χ3n) is 3.08. The van der Waals surface area contributed by atoms with Crippen LogP contribution in [0.5, 0.6) is 0 Å². The zero-order chi connectivity index (χ0) is 14.5. The van der Waals surface area contributed by atoms with E-state index in [-0.39, 0.29) is 23.4 Å². The normalized spacial score (nSPS) is 19.6. The molecule has 0 aromatic carbocycles. The van der Waals surface area contributed by atoms with Gasteiger partial charge in [-0.25, -0.2) is 9.97 Å². The highest BCUT2D eigenvalue weighted by molar-refractivity contribution is 5.68. The molecule has 1 aliphatic heterocycles. The molecule has 1 aliphatic rings. The summed E-state index contributed by atoms with van der Waals surface area (Å²) in [6.07, 6.45) is 1.27. The Balaban J connectivity index is 2.07. The number of nitrogens with zero attached hydrogens (tertiary/aromatic N) is 4. The second kappa shape index (κ2) is 6.44. The Morgan fingerprint density at radius 3 is 2.95 bits per heavy atom. The number of anilines is 2. The summed E-state index contributed by atoms with van der Waals surface area (Å²) < 4.78 is 5.59. The molecular weight excluding hydrogens is 264 g/mol. The second-order valence-electron chi connectivity index (χ2n) is 4.56.